The summed E-state index contributed by atoms with van der Waals surface area (Å²) < 4.78 is 27.8. The van der Waals surface area contributed by atoms with E-state index in [1.54, 1.807) is 36.4 Å². The zero-order valence-electron chi connectivity index (χ0n) is 16.4. The minimum Gasteiger partial charge on any atom is -0.350 e. The molecule has 1 aliphatic rings. The first-order valence-corrected chi connectivity index (χ1v) is 11.7. The van der Waals surface area contributed by atoms with Crippen molar-refractivity contribution >= 4 is 33.4 Å². The summed E-state index contributed by atoms with van der Waals surface area (Å²) in [4.78, 5) is 24.5. The number of hydrogen-bond acceptors (Lipinski definition) is 4. The molecule has 7 nitrogen and oxygen atoms in total. The number of amides is 2. The molecule has 1 fully saturated rings. The van der Waals surface area contributed by atoms with Gasteiger partial charge < -0.3 is 10.6 Å². The fraction of sp³-hybridized carbons (Fsp3) is 0.333. The molecule has 0 atom stereocenters. The van der Waals surface area contributed by atoms with Crippen molar-refractivity contribution in [3.05, 3.63) is 64.7 Å². The van der Waals surface area contributed by atoms with Crippen LogP contribution in [-0.4, -0.2) is 39.4 Å². The smallest absolute Gasteiger partial charge is 0.251 e. The first kappa shape index (κ1) is 22.3. The monoisotopic (exact) mass is 449 g/mol. The van der Waals surface area contributed by atoms with Crippen molar-refractivity contribution in [2.75, 3.05) is 13.1 Å². The molecule has 0 spiro atoms. The Balaban J connectivity index is 1.51. The van der Waals surface area contributed by atoms with Gasteiger partial charge in [0.25, 0.3) is 11.8 Å². The number of benzene rings is 2. The number of halogens is 1. The number of hydrogen-bond donors (Lipinski definition) is 3. The predicted molar refractivity (Wildman–Crippen MR) is 115 cm³/mol. The number of carbonyl (C=O) groups is 2. The van der Waals surface area contributed by atoms with Gasteiger partial charge in [-0.3, -0.25) is 9.59 Å². The zero-order valence-corrected chi connectivity index (χ0v) is 17.9. The Morgan fingerprint density at radius 2 is 1.50 bits per heavy atom. The summed E-state index contributed by atoms with van der Waals surface area (Å²) in [7, 11) is -3.67. The Morgan fingerprint density at radius 3 is 2.13 bits per heavy atom. The summed E-state index contributed by atoms with van der Waals surface area (Å²) in [6.45, 7) is 0.434. The summed E-state index contributed by atoms with van der Waals surface area (Å²) in [5.41, 5.74) is 0.715. The Bertz CT molecular complexity index is 1000. The third-order valence-corrected chi connectivity index (χ3v) is 6.66. The van der Waals surface area contributed by atoms with E-state index in [-0.39, 0.29) is 35.5 Å². The van der Waals surface area contributed by atoms with Crippen LogP contribution in [0.2, 0.25) is 5.02 Å². The molecule has 0 aliphatic heterocycles. The Morgan fingerprint density at radius 1 is 0.900 bits per heavy atom. The first-order valence-electron chi connectivity index (χ1n) is 9.79. The minimum absolute atomic E-state index is 0.0447. The third kappa shape index (κ3) is 6.04. The quantitative estimate of drug-likeness (QED) is 0.539. The molecule has 0 saturated heterocycles. The zero-order chi connectivity index (χ0) is 21.6. The molecule has 0 aromatic heterocycles. The number of nitrogens with one attached hydrogen (secondary N) is 3. The average Bonchev–Trinajstić information content (AvgIpc) is 3.24. The Hall–Kier alpha value is -2.42. The van der Waals surface area contributed by atoms with E-state index >= 15 is 0 Å². The summed E-state index contributed by atoms with van der Waals surface area (Å²) in [5.74, 6) is -0.680. The van der Waals surface area contributed by atoms with E-state index in [0.717, 1.165) is 25.7 Å². The summed E-state index contributed by atoms with van der Waals surface area (Å²) in [6.07, 6.45) is 3.71. The van der Waals surface area contributed by atoms with E-state index in [1.165, 1.54) is 12.1 Å². The van der Waals surface area contributed by atoms with Crippen molar-refractivity contribution in [1.82, 2.24) is 15.4 Å². The first-order chi connectivity index (χ1) is 14.3. The van der Waals surface area contributed by atoms with Crippen LogP contribution in [0.5, 0.6) is 0 Å². The van der Waals surface area contributed by atoms with E-state index in [9.17, 15) is 18.0 Å². The van der Waals surface area contributed by atoms with Crippen LogP contribution in [0.1, 0.15) is 46.4 Å². The van der Waals surface area contributed by atoms with Crippen molar-refractivity contribution in [3.63, 3.8) is 0 Å². The summed E-state index contributed by atoms with van der Waals surface area (Å²) in [5, 5.41) is 5.92. The highest BCUT2D eigenvalue weighted by Crippen LogP contribution is 2.20. The molecule has 0 heterocycles. The van der Waals surface area contributed by atoms with Gasteiger partial charge in [-0.15, -0.1) is 0 Å². The maximum atomic E-state index is 12.6. The second-order valence-electron chi connectivity index (χ2n) is 7.15. The lowest BCUT2D eigenvalue weighted by molar-refractivity contribution is 0.0927. The lowest BCUT2D eigenvalue weighted by Gasteiger charge is -2.13. The van der Waals surface area contributed by atoms with Crippen molar-refractivity contribution in [3.8, 4) is 0 Å². The van der Waals surface area contributed by atoms with Crippen LogP contribution < -0.4 is 15.4 Å². The average molecular weight is 450 g/mol. The summed E-state index contributed by atoms with van der Waals surface area (Å²) in [6, 6.07) is 12.4. The van der Waals surface area contributed by atoms with E-state index < -0.39 is 15.9 Å². The van der Waals surface area contributed by atoms with E-state index in [4.69, 9.17) is 11.6 Å². The topological polar surface area (TPSA) is 104 Å². The van der Waals surface area contributed by atoms with Gasteiger partial charge in [-0.25, -0.2) is 13.1 Å². The van der Waals surface area contributed by atoms with E-state index in [2.05, 4.69) is 15.4 Å². The van der Waals surface area contributed by atoms with Crippen LogP contribution in [0.4, 0.5) is 0 Å². The van der Waals surface area contributed by atoms with Crippen LogP contribution >= 0.6 is 11.6 Å². The summed E-state index contributed by atoms with van der Waals surface area (Å²) >= 11 is 5.80. The molecule has 1 saturated carbocycles. The van der Waals surface area contributed by atoms with E-state index in [0.29, 0.717) is 10.6 Å². The van der Waals surface area contributed by atoms with Crippen LogP contribution in [0.3, 0.4) is 0 Å². The Labute approximate surface area is 181 Å². The number of sulfonamides is 1. The third-order valence-electron chi connectivity index (χ3n) is 4.89. The van der Waals surface area contributed by atoms with E-state index in [1.807, 2.05) is 0 Å². The van der Waals surface area contributed by atoms with Gasteiger partial charge in [0.05, 0.1) is 4.90 Å². The maximum Gasteiger partial charge on any atom is 0.251 e. The van der Waals surface area contributed by atoms with Gasteiger partial charge in [-0.1, -0.05) is 30.5 Å². The molecule has 30 heavy (non-hydrogen) atoms. The van der Waals surface area contributed by atoms with Crippen LogP contribution in [0.15, 0.2) is 53.4 Å². The molecule has 160 valence electrons. The molecule has 1 aliphatic carbocycles. The Kier molecular flexibility index (Phi) is 7.47. The number of carbonyl (C=O) groups excluding carboxylic acids is 2. The molecular weight excluding hydrogens is 426 g/mol. The van der Waals surface area contributed by atoms with Crippen LogP contribution in [-0.2, 0) is 10.0 Å². The highest BCUT2D eigenvalue weighted by atomic mass is 35.5. The van der Waals surface area contributed by atoms with Gasteiger partial charge in [-0.2, -0.15) is 0 Å². The molecule has 2 aromatic rings. The highest BCUT2D eigenvalue weighted by molar-refractivity contribution is 7.89. The molecule has 2 amide bonds. The molecule has 0 radical (unpaired) electrons. The van der Waals surface area contributed by atoms with Crippen molar-refractivity contribution < 1.29 is 18.0 Å². The predicted octanol–water partition coefficient (Wildman–Crippen LogP) is 2.72. The fourth-order valence-electron chi connectivity index (χ4n) is 3.29. The molecule has 3 rings (SSSR count). The van der Waals surface area contributed by atoms with Crippen LogP contribution in [0, 0.1) is 0 Å². The van der Waals surface area contributed by atoms with Gasteiger partial charge in [0.1, 0.15) is 0 Å². The standard InChI is InChI=1S/C21H24ClN3O4S/c22-17-10-8-15(9-11-17)20(26)23-12-13-24-21(27)16-4-3-7-19(14-16)30(28,29)25-18-5-1-2-6-18/h3-4,7-11,14,18,25H,1-2,5-6,12-13H2,(H,23,26)(H,24,27). The lowest BCUT2D eigenvalue weighted by Crippen LogP contribution is -2.35. The highest BCUT2D eigenvalue weighted by Gasteiger charge is 2.23. The normalized spacial score (nSPS) is 14.4. The van der Waals surface area contributed by atoms with Crippen LogP contribution in [0.25, 0.3) is 0 Å². The van der Waals surface area contributed by atoms with Crippen molar-refractivity contribution in [2.24, 2.45) is 0 Å². The lowest BCUT2D eigenvalue weighted by atomic mass is 10.2. The van der Waals surface area contributed by atoms with Gasteiger partial charge in [-0.05, 0) is 55.3 Å². The van der Waals surface area contributed by atoms with Gasteiger partial charge >= 0.3 is 0 Å². The van der Waals surface area contributed by atoms with Crippen molar-refractivity contribution in [2.45, 2.75) is 36.6 Å². The molecule has 0 unspecified atom stereocenters. The largest absolute Gasteiger partial charge is 0.350 e. The molecule has 9 heteroatoms. The molecule has 3 N–H and O–H groups in total. The second kappa shape index (κ2) is 10.1. The van der Waals surface area contributed by atoms with Gasteiger partial charge in [0.15, 0.2) is 0 Å². The van der Waals surface area contributed by atoms with Crippen molar-refractivity contribution in [1.29, 1.82) is 0 Å². The molecule has 2 aromatic carbocycles. The minimum atomic E-state index is -3.67. The van der Waals surface area contributed by atoms with Gasteiger partial charge in [0, 0.05) is 35.3 Å². The SMILES string of the molecule is O=C(NCCNC(=O)c1cccc(S(=O)(=O)NC2CCCC2)c1)c1ccc(Cl)cc1. The number of rotatable bonds is 8. The maximum absolute atomic E-state index is 12.6. The molecule has 0 bridgehead atoms. The molecular formula is C21H24ClN3O4S. The van der Waals surface area contributed by atoms with Gasteiger partial charge in [0.2, 0.25) is 10.0 Å². The second-order valence-corrected chi connectivity index (χ2v) is 9.30. The fourth-order valence-corrected chi connectivity index (χ4v) is 4.77.